The molecule has 30 heavy (non-hydrogen) atoms. The number of rotatable bonds is 5. The molecule has 1 aromatic carbocycles. The maximum absolute atomic E-state index is 11.2. The highest BCUT2D eigenvalue weighted by molar-refractivity contribution is 5.86. The van der Waals surface area contributed by atoms with Gasteiger partial charge in [0.15, 0.2) is 5.65 Å². The Labute approximate surface area is 180 Å². The smallest absolute Gasteiger partial charge is 0.330 e. The van der Waals surface area contributed by atoms with Gasteiger partial charge in [0.2, 0.25) is 0 Å². The van der Waals surface area contributed by atoms with E-state index >= 15 is 0 Å². The Bertz CT molecular complexity index is 970. The Morgan fingerprint density at radius 3 is 2.30 bits per heavy atom. The summed E-state index contributed by atoms with van der Waals surface area (Å²) in [7, 11) is 1.37. The first-order chi connectivity index (χ1) is 14.5. The van der Waals surface area contributed by atoms with E-state index in [-0.39, 0.29) is 5.97 Å². The number of fused-ring (bicyclic) bond motifs is 1. The molecule has 2 heterocycles. The normalized spacial score (nSPS) is 10.3. The SMILES string of the molecule is CC.CC.CCc1nn2c(C)cc(C)nc2c1Cc1ccc(/C=C/C(=O)OC)cc1. The molecule has 3 rings (SSSR count). The van der Waals surface area contributed by atoms with Crippen molar-refractivity contribution in [3.05, 3.63) is 70.2 Å². The zero-order valence-electron chi connectivity index (χ0n) is 19.6. The summed E-state index contributed by atoms with van der Waals surface area (Å²) >= 11 is 0. The van der Waals surface area contributed by atoms with Crippen LogP contribution in [0, 0.1) is 13.8 Å². The van der Waals surface area contributed by atoms with Gasteiger partial charge in [-0.1, -0.05) is 58.9 Å². The Morgan fingerprint density at radius 2 is 1.73 bits per heavy atom. The first-order valence-electron chi connectivity index (χ1n) is 10.7. The average Bonchev–Trinajstić information content (AvgIpc) is 3.13. The van der Waals surface area contributed by atoms with Crippen LogP contribution >= 0.6 is 0 Å². The number of ether oxygens (including phenoxy) is 1. The monoisotopic (exact) mass is 409 g/mol. The Balaban J connectivity index is 0.00000106. The third kappa shape index (κ3) is 6.28. The van der Waals surface area contributed by atoms with Crippen LogP contribution in [0.4, 0.5) is 0 Å². The second-order valence-electron chi connectivity index (χ2n) is 6.33. The second-order valence-corrected chi connectivity index (χ2v) is 6.33. The summed E-state index contributed by atoms with van der Waals surface area (Å²) in [5, 5.41) is 4.74. The van der Waals surface area contributed by atoms with Gasteiger partial charge in [-0.15, -0.1) is 0 Å². The summed E-state index contributed by atoms with van der Waals surface area (Å²) in [5.41, 5.74) is 7.44. The fourth-order valence-corrected chi connectivity index (χ4v) is 3.06. The van der Waals surface area contributed by atoms with Crippen molar-refractivity contribution < 1.29 is 9.53 Å². The molecule has 0 saturated heterocycles. The fourth-order valence-electron chi connectivity index (χ4n) is 3.06. The standard InChI is InChI=1S/C21H23N3O2.2C2H6/c1-5-19-18(21-22-14(2)12-15(3)24(21)23-19)13-17-8-6-16(7-9-17)10-11-20(25)26-4;2*1-2/h6-12H,5,13H2,1-4H3;2*1-2H3/b11-10+;;. The van der Waals surface area contributed by atoms with Gasteiger partial charge in [0.25, 0.3) is 0 Å². The summed E-state index contributed by atoms with van der Waals surface area (Å²) in [6.07, 6.45) is 4.82. The molecule has 5 nitrogen and oxygen atoms in total. The quantitative estimate of drug-likeness (QED) is 0.398. The molecule has 3 aromatic rings. The average molecular weight is 410 g/mol. The zero-order valence-corrected chi connectivity index (χ0v) is 19.6. The minimum atomic E-state index is -0.357. The van der Waals surface area contributed by atoms with Crippen molar-refractivity contribution in [2.45, 2.75) is 61.3 Å². The van der Waals surface area contributed by atoms with E-state index in [9.17, 15) is 4.79 Å². The zero-order chi connectivity index (χ0) is 22.7. The molecule has 0 bridgehead atoms. The number of aromatic nitrogens is 3. The van der Waals surface area contributed by atoms with Crippen LogP contribution in [0.3, 0.4) is 0 Å². The summed E-state index contributed by atoms with van der Waals surface area (Å²) in [4.78, 5) is 15.9. The van der Waals surface area contributed by atoms with Crippen molar-refractivity contribution in [3.8, 4) is 0 Å². The predicted molar refractivity (Wildman–Crippen MR) is 125 cm³/mol. The molecule has 162 valence electrons. The highest BCUT2D eigenvalue weighted by Crippen LogP contribution is 2.21. The van der Waals surface area contributed by atoms with Gasteiger partial charge < -0.3 is 4.74 Å². The van der Waals surface area contributed by atoms with E-state index in [1.54, 1.807) is 6.08 Å². The molecule has 0 atom stereocenters. The first kappa shape index (κ1) is 25.1. The van der Waals surface area contributed by atoms with Crippen LogP contribution in [0.25, 0.3) is 11.7 Å². The van der Waals surface area contributed by atoms with Gasteiger partial charge in [0.05, 0.1) is 12.8 Å². The minimum absolute atomic E-state index is 0.357. The van der Waals surface area contributed by atoms with Crippen molar-refractivity contribution in [2.24, 2.45) is 0 Å². The highest BCUT2D eigenvalue weighted by atomic mass is 16.5. The molecule has 0 spiro atoms. The molecule has 0 radical (unpaired) electrons. The molecular formula is C25H35N3O2. The topological polar surface area (TPSA) is 56.5 Å². The third-order valence-electron chi connectivity index (χ3n) is 4.38. The first-order valence-corrected chi connectivity index (χ1v) is 10.7. The number of benzene rings is 1. The lowest BCUT2D eigenvalue weighted by atomic mass is 10.0. The van der Waals surface area contributed by atoms with E-state index in [0.717, 1.165) is 41.1 Å². The lowest BCUT2D eigenvalue weighted by Crippen LogP contribution is -1.98. The van der Waals surface area contributed by atoms with Gasteiger partial charge in [0.1, 0.15) is 0 Å². The van der Waals surface area contributed by atoms with E-state index in [1.165, 1.54) is 24.3 Å². The third-order valence-corrected chi connectivity index (χ3v) is 4.38. The van der Waals surface area contributed by atoms with Crippen LogP contribution in [0.1, 0.15) is 68.4 Å². The predicted octanol–water partition coefficient (Wildman–Crippen LogP) is 5.74. The summed E-state index contributed by atoms with van der Waals surface area (Å²) in [6.45, 7) is 14.2. The van der Waals surface area contributed by atoms with Gasteiger partial charge in [-0.2, -0.15) is 5.10 Å². The molecule has 0 aliphatic carbocycles. The van der Waals surface area contributed by atoms with Gasteiger partial charge in [-0.05, 0) is 43.5 Å². The second kappa shape index (κ2) is 12.6. The molecule has 5 heteroatoms. The number of methoxy groups -OCH3 is 1. The number of carbonyl (C=O) groups is 1. The van der Waals surface area contributed by atoms with Crippen LogP contribution in [0.2, 0.25) is 0 Å². The van der Waals surface area contributed by atoms with Crippen LogP contribution in [-0.2, 0) is 22.4 Å². The van der Waals surface area contributed by atoms with Crippen molar-refractivity contribution in [2.75, 3.05) is 7.11 Å². The van der Waals surface area contributed by atoms with Crippen molar-refractivity contribution in [3.63, 3.8) is 0 Å². The lowest BCUT2D eigenvalue weighted by molar-refractivity contribution is -0.134. The van der Waals surface area contributed by atoms with Crippen LogP contribution < -0.4 is 0 Å². The molecular weight excluding hydrogens is 374 g/mol. The van der Waals surface area contributed by atoms with E-state index in [4.69, 9.17) is 10.1 Å². The Morgan fingerprint density at radius 1 is 1.10 bits per heavy atom. The Kier molecular flexibility index (Phi) is 10.5. The number of esters is 1. The van der Waals surface area contributed by atoms with Crippen LogP contribution in [0.5, 0.6) is 0 Å². The molecule has 0 fully saturated rings. The molecule has 0 saturated carbocycles. The summed E-state index contributed by atoms with van der Waals surface area (Å²) < 4.78 is 6.55. The van der Waals surface area contributed by atoms with Gasteiger partial charge in [-0.25, -0.2) is 14.3 Å². The van der Waals surface area contributed by atoms with Gasteiger partial charge in [0, 0.05) is 29.4 Å². The van der Waals surface area contributed by atoms with E-state index < -0.39 is 0 Å². The maximum atomic E-state index is 11.2. The van der Waals surface area contributed by atoms with Crippen LogP contribution in [0.15, 0.2) is 36.4 Å². The maximum Gasteiger partial charge on any atom is 0.330 e. The molecule has 0 N–H and O–H groups in total. The lowest BCUT2D eigenvalue weighted by Gasteiger charge is -2.04. The summed E-state index contributed by atoms with van der Waals surface area (Å²) in [6, 6.07) is 10.2. The summed E-state index contributed by atoms with van der Waals surface area (Å²) in [5.74, 6) is -0.357. The number of carbonyl (C=O) groups excluding carboxylic acids is 1. The number of hydrogen-bond acceptors (Lipinski definition) is 4. The fraction of sp³-hybridized carbons (Fsp3) is 0.400. The van der Waals surface area contributed by atoms with E-state index in [2.05, 4.69) is 30.7 Å². The molecule has 0 amide bonds. The van der Waals surface area contributed by atoms with E-state index in [0.29, 0.717) is 0 Å². The number of aryl methyl sites for hydroxylation is 3. The van der Waals surface area contributed by atoms with Crippen molar-refractivity contribution in [1.29, 1.82) is 0 Å². The molecule has 2 aromatic heterocycles. The van der Waals surface area contributed by atoms with Gasteiger partial charge >= 0.3 is 5.97 Å². The largest absolute Gasteiger partial charge is 0.466 e. The molecule has 0 aliphatic rings. The van der Waals surface area contributed by atoms with Crippen molar-refractivity contribution in [1.82, 2.24) is 14.6 Å². The molecule has 0 unspecified atom stereocenters. The highest BCUT2D eigenvalue weighted by Gasteiger charge is 2.15. The number of hydrogen-bond donors (Lipinski definition) is 0. The van der Waals surface area contributed by atoms with Crippen LogP contribution in [-0.4, -0.2) is 27.7 Å². The van der Waals surface area contributed by atoms with E-state index in [1.807, 2.05) is 57.3 Å². The number of nitrogens with zero attached hydrogens (tertiary/aromatic N) is 3. The molecule has 0 aliphatic heterocycles. The minimum Gasteiger partial charge on any atom is -0.466 e. The van der Waals surface area contributed by atoms with Gasteiger partial charge in [-0.3, -0.25) is 0 Å². The van der Waals surface area contributed by atoms with Crippen molar-refractivity contribution >= 4 is 17.7 Å². The Hall–Kier alpha value is -2.95.